The van der Waals surface area contributed by atoms with E-state index in [9.17, 15) is 0 Å². The maximum Gasteiger partial charge on any atom is 0.320 e. The summed E-state index contributed by atoms with van der Waals surface area (Å²) in [6, 6.07) is 2.19. The molecular formula is C12H19N3O2. The van der Waals surface area contributed by atoms with E-state index in [0.29, 0.717) is 18.5 Å². The zero-order valence-electron chi connectivity index (χ0n) is 10.1. The fraction of sp³-hybridized carbons (Fsp3) is 0.667. The summed E-state index contributed by atoms with van der Waals surface area (Å²) in [6.45, 7) is 2.70. The van der Waals surface area contributed by atoms with Crippen molar-refractivity contribution in [3.63, 3.8) is 0 Å². The average Bonchev–Trinajstić information content (AvgIpc) is 2.73. The first-order chi connectivity index (χ1) is 8.29. The minimum Gasteiger partial charge on any atom is -0.478 e. The largest absolute Gasteiger partial charge is 0.478 e. The van der Waals surface area contributed by atoms with E-state index in [1.165, 1.54) is 0 Å². The first-order valence-electron chi connectivity index (χ1n) is 6.17. The van der Waals surface area contributed by atoms with Crippen LogP contribution in [0.3, 0.4) is 0 Å². The molecular weight excluding hydrogens is 218 g/mol. The lowest BCUT2D eigenvalue weighted by Gasteiger charge is -2.16. The van der Waals surface area contributed by atoms with Crippen LogP contribution in [-0.2, 0) is 0 Å². The summed E-state index contributed by atoms with van der Waals surface area (Å²) in [6.07, 6.45) is 5.73. The Hall–Kier alpha value is -1.36. The molecule has 1 aromatic heterocycles. The highest BCUT2D eigenvalue weighted by Gasteiger charge is 2.26. The van der Waals surface area contributed by atoms with Crippen LogP contribution in [-0.4, -0.2) is 28.7 Å². The molecule has 0 amide bonds. The first kappa shape index (κ1) is 12.1. The number of ether oxygens (including phenoxy) is 2. The Balaban J connectivity index is 1.95. The molecule has 17 heavy (non-hydrogen) atoms. The van der Waals surface area contributed by atoms with Gasteiger partial charge in [0, 0.05) is 18.3 Å². The van der Waals surface area contributed by atoms with Crippen LogP contribution in [0.5, 0.6) is 11.9 Å². The van der Waals surface area contributed by atoms with Crippen molar-refractivity contribution >= 4 is 0 Å². The van der Waals surface area contributed by atoms with Crippen molar-refractivity contribution in [3.05, 3.63) is 12.3 Å². The molecule has 0 radical (unpaired) electrons. The molecule has 1 saturated carbocycles. The lowest BCUT2D eigenvalue weighted by molar-refractivity contribution is 0.172. The van der Waals surface area contributed by atoms with Gasteiger partial charge in [0.25, 0.3) is 0 Å². The fourth-order valence-electron chi connectivity index (χ4n) is 1.91. The van der Waals surface area contributed by atoms with E-state index in [4.69, 9.17) is 15.2 Å². The van der Waals surface area contributed by atoms with E-state index in [1.54, 1.807) is 12.3 Å². The second-order valence-electron chi connectivity index (χ2n) is 4.28. The zero-order chi connectivity index (χ0) is 12.1. The third kappa shape index (κ3) is 3.30. The summed E-state index contributed by atoms with van der Waals surface area (Å²) >= 11 is 0. The highest BCUT2D eigenvalue weighted by atomic mass is 16.5. The molecule has 1 aliphatic rings. The molecule has 2 unspecified atom stereocenters. The van der Waals surface area contributed by atoms with Crippen LogP contribution in [0.25, 0.3) is 0 Å². The van der Waals surface area contributed by atoms with Crippen molar-refractivity contribution in [1.29, 1.82) is 0 Å². The van der Waals surface area contributed by atoms with Gasteiger partial charge in [0.15, 0.2) is 0 Å². The molecule has 1 heterocycles. The highest BCUT2D eigenvalue weighted by Crippen LogP contribution is 2.22. The van der Waals surface area contributed by atoms with Crippen LogP contribution < -0.4 is 15.2 Å². The van der Waals surface area contributed by atoms with Gasteiger partial charge in [-0.25, -0.2) is 4.98 Å². The standard InChI is InChI=1S/C12H19N3O2/c1-2-8-16-11-6-7-14-12(15-11)17-10-5-3-4-9(10)13/h6-7,9-10H,2-5,8,13H2,1H3. The van der Waals surface area contributed by atoms with Gasteiger partial charge < -0.3 is 15.2 Å². The Kier molecular flexibility index (Phi) is 4.14. The van der Waals surface area contributed by atoms with E-state index in [-0.39, 0.29) is 12.1 Å². The SMILES string of the molecule is CCCOc1ccnc(OC2CCCC2N)n1. The van der Waals surface area contributed by atoms with Crippen LogP contribution in [0.15, 0.2) is 12.3 Å². The van der Waals surface area contributed by atoms with E-state index >= 15 is 0 Å². The third-order valence-electron chi connectivity index (χ3n) is 2.82. The molecule has 0 aromatic carbocycles. The Bertz CT molecular complexity index is 359. The maximum atomic E-state index is 5.93. The van der Waals surface area contributed by atoms with Crippen molar-refractivity contribution < 1.29 is 9.47 Å². The molecule has 1 fully saturated rings. The second-order valence-corrected chi connectivity index (χ2v) is 4.28. The first-order valence-corrected chi connectivity index (χ1v) is 6.17. The monoisotopic (exact) mass is 237 g/mol. The van der Waals surface area contributed by atoms with Gasteiger partial charge in [-0.15, -0.1) is 0 Å². The Morgan fingerprint density at radius 2 is 2.35 bits per heavy atom. The third-order valence-corrected chi connectivity index (χ3v) is 2.82. The van der Waals surface area contributed by atoms with Crippen LogP contribution in [0.2, 0.25) is 0 Å². The normalized spacial score (nSPS) is 23.6. The van der Waals surface area contributed by atoms with Crippen molar-refractivity contribution in [3.8, 4) is 11.9 Å². The Morgan fingerprint density at radius 3 is 3.06 bits per heavy atom. The highest BCUT2D eigenvalue weighted by molar-refractivity contribution is 5.11. The number of hydrogen-bond donors (Lipinski definition) is 1. The zero-order valence-corrected chi connectivity index (χ0v) is 10.1. The van der Waals surface area contributed by atoms with E-state index < -0.39 is 0 Å². The van der Waals surface area contributed by atoms with Gasteiger partial charge in [0.1, 0.15) is 6.10 Å². The molecule has 5 heteroatoms. The van der Waals surface area contributed by atoms with Crippen LogP contribution in [0, 0.1) is 0 Å². The number of aromatic nitrogens is 2. The molecule has 0 saturated heterocycles. The predicted octanol–water partition coefficient (Wildman–Crippen LogP) is 1.52. The summed E-state index contributed by atoms with van der Waals surface area (Å²) in [5.41, 5.74) is 5.93. The molecule has 0 spiro atoms. The molecule has 1 aliphatic carbocycles. The molecule has 94 valence electrons. The average molecular weight is 237 g/mol. The summed E-state index contributed by atoms with van der Waals surface area (Å²) < 4.78 is 11.1. The molecule has 1 aromatic rings. The van der Waals surface area contributed by atoms with Gasteiger partial charge in [-0.2, -0.15) is 4.98 Å². The fourth-order valence-corrected chi connectivity index (χ4v) is 1.91. The minimum atomic E-state index is 0.0384. The van der Waals surface area contributed by atoms with Gasteiger partial charge >= 0.3 is 6.01 Å². The van der Waals surface area contributed by atoms with Crippen molar-refractivity contribution in [2.45, 2.75) is 44.8 Å². The van der Waals surface area contributed by atoms with Gasteiger partial charge in [0.2, 0.25) is 5.88 Å². The summed E-state index contributed by atoms with van der Waals surface area (Å²) in [7, 11) is 0. The van der Waals surface area contributed by atoms with Gasteiger partial charge in [-0.1, -0.05) is 6.92 Å². The lowest BCUT2D eigenvalue weighted by atomic mass is 10.2. The Labute approximate surface area is 101 Å². The Morgan fingerprint density at radius 1 is 1.47 bits per heavy atom. The van der Waals surface area contributed by atoms with Crippen LogP contribution in [0.1, 0.15) is 32.6 Å². The quantitative estimate of drug-likeness (QED) is 0.840. The van der Waals surface area contributed by atoms with Crippen LogP contribution >= 0.6 is 0 Å². The number of nitrogens with two attached hydrogens (primary N) is 1. The van der Waals surface area contributed by atoms with Gasteiger partial charge in [-0.3, -0.25) is 0 Å². The molecule has 2 rings (SSSR count). The van der Waals surface area contributed by atoms with E-state index in [1.807, 2.05) is 0 Å². The molecule has 5 nitrogen and oxygen atoms in total. The molecule has 2 atom stereocenters. The lowest BCUT2D eigenvalue weighted by Crippen LogP contribution is -2.34. The number of rotatable bonds is 5. The predicted molar refractivity (Wildman–Crippen MR) is 64.1 cm³/mol. The van der Waals surface area contributed by atoms with Crippen molar-refractivity contribution in [2.75, 3.05) is 6.61 Å². The summed E-state index contributed by atoms with van der Waals surface area (Å²) in [5.74, 6) is 0.559. The summed E-state index contributed by atoms with van der Waals surface area (Å²) in [4.78, 5) is 8.27. The summed E-state index contributed by atoms with van der Waals surface area (Å²) in [5, 5.41) is 0. The molecule has 0 aliphatic heterocycles. The topological polar surface area (TPSA) is 70.3 Å². The van der Waals surface area contributed by atoms with Gasteiger partial charge in [-0.05, 0) is 25.7 Å². The number of hydrogen-bond acceptors (Lipinski definition) is 5. The van der Waals surface area contributed by atoms with Gasteiger partial charge in [0.05, 0.1) is 6.61 Å². The maximum absolute atomic E-state index is 5.93. The smallest absolute Gasteiger partial charge is 0.320 e. The molecule has 2 N–H and O–H groups in total. The van der Waals surface area contributed by atoms with Crippen molar-refractivity contribution in [1.82, 2.24) is 9.97 Å². The molecule has 0 bridgehead atoms. The van der Waals surface area contributed by atoms with E-state index in [0.717, 1.165) is 25.7 Å². The number of nitrogens with zero attached hydrogens (tertiary/aromatic N) is 2. The van der Waals surface area contributed by atoms with Crippen molar-refractivity contribution in [2.24, 2.45) is 5.73 Å². The second kappa shape index (κ2) is 5.82. The van der Waals surface area contributed by atoms with Crippen LogP contribution in [0.4, 0.5) is 0 Å². The van der Waals surface area contributed by atoms with E-state index in [2.05, 4.69) is 16.9 Å². The minimum absolute atomic E-state index is 0.0384.